The highest BCUT2D eigenvalue weighted by Crippen LogP contribution is 2.13. The summed E-state index contributed by atoms with van der Waals surface area (Å²) in [4.78, 5) is 21.7. The molecule has 0 aromatic heterocycles. The highest BCUT2D eigenvalue weighted by Gasteiger charge is 2.08. The lowest BCUT2D eigenvalue weighted by Gasteiger charge is -2.06. The number of carbonyl (C=O) groups is 2. The Morgan fingerprint density at radius 1 is 1.27 bits per heavy atom. The SMILES string of the molecule is CC(=O)Cc1ccc(F)cc1CC(N)=O. The molecule has 0 saturated carbocycles. The lowest BCUT2D eigenvalue weighted by atomic mass is 10.00. The van der Waals surface area contributed by atoms with Gasteiger partial charge in [-0.1, -0.05) is 6.07 Å². The van der Waals surface area contributed by atoms with Gasteiger partial charge in [-0.15, -0.1) is 0 Å². The van der Waals surface area contributed by atoms with Gasteiger partial charge in [0.05, 0.1) is 6.42 Å². The quantitative estimate of drug-likeness (QED) is 0.803. The lowest BCUT2D eigenvalue weighted by Crippen LogP contribution is -2.15. The number of primary amides is 1. The Balaban J connectivity index is 3.02. The highest BCUT2D eigenvalue weighted by atomic mass is 19.1. The van der Waals surface area contributed by atoms with Gasteiger partial charge in [0.25, 0.3) is 0 Å². The topological polar surface area (TPSA) is 60.2 Å². The van der Waals surface area contributed by atoms with E-state index in [1.807, 2.05) is 0 Å². The Hall–Kier alpha value is -1.71. The van der Waals surface area contributed by atoms with Gasteiger partial charge in [-0.3, -0.25) is 9.59 Å². The fourth-order valence-electron chi connectivity index (χ4n) is 1.39. The summed E-state index contributed by atoms with van der Waals surface area (Å²) in [5.41, 5.74) is 6.17. The second kappa shape index (κ2) is 4.68. The summed E-state index contributed by atoms with van der Waals surface area (Å²) in [5, 5.41) is 0. The molecular formula is C11H12FNO2. The van der Waals surface area contributed by atoms with E-state index in [1.54, 1.807) is 0 Å². The molecule has 0 bridgehead atoms. The van der Waals surface area contributed by atoms with Gasteiger partial charge in [-0.25, -0.2) is 4.39 Å². The summed E-state index contributed by atoms with van der Waals surface area (Å²) in [6.07, 6.45) is 0.156. The number of carbonyl (C=O) groups excluding carboxylic acids is 2. The average Bonchev–Trinajstić information content (AvgIpc) is 2.08. The molecule has 15 heavy (non-hydrogen) atoms. The number of benzene rings is 1. The van der Waals surface area contributed by atoms with Gasteiger partial charge in [-0.05, 0) is 30.2 Å². The lowest BCUT2D eigenvalue weighted by molar-refractivity contribution is -0.118. The number of Topliss-reactive ketones (excluding diaryl/α,β-unsaturated/α-hetero) is 1. The molecule has 0 heterocycles. The predicted molar refractivity (Wildman–Crippen MR) is 53.7 cm³/mol. The maximum atomic E-state index is 12.9. The molecule has 0 aliphatic rings. The van der Waals surface area contributed by atoms with Crippen LogP contribution in [-0.4, -0.2) is 11.7 Å². The number of ketones is 1. The predicted octanol–water partition coefficient (Wildman–Crippen LogP) is 0.985. The minimum atomic E-state index is -0.537. The Labute approximate surface area is 87.1 Å². The number of nitrogens with two attached hydrogens (primary N) is 1. The van der Waals surface area contributed by atoms with Crippen molar-refractivity contribution in [2.24, 2.45) is 5.73 Å². The first kappa shape index (κ1) is 11.4. The Morgan fingerprint density at radius 3 is 2.47 bits per heavy atom. The van der Waals surface area contributed by atoms with Crippen molar-refractivity contribution in [2.45, 2.75) is 19.8 Å². The van der Waals surface area contributed by atoms with E-state index in [0.717, 1.165) is 0 Å². The molecule has 0 aliphatic carbocycles. The zero-order valence-electron chi connectivity index (χ0n) is 8.42. The van der Waals surface area contributed by atoms with E-state index >= 15 is 0 Å². The summed E-state index contributed by atoms with van der Waals surface area (Å²) in [5.74, 6) is -1.00. The zero-order chi connectivity index (χ0) is 11.4. The van der Waals surface area contributed by atoms with E-state index in [4.69, 9.17) is 5.73 Å². The molecule has 3 nitrogen and oxygen atoms in total. The highest BCUT2D eigenvalue weighted by molar-refractivity contribution is 5.80. The molecule has 0 radical (unpaired) electrons. The molecule has 0 atom stereocenters. The van der Waals surface area contributed by atoms with Crippen LogP contribution in [0.3, 0.4) is 0 Å². The van der Waals surface area contributed by atoms with Crippen LogP contribution >= 0.6 is 0 Å². The molecule has 0 spiro atoms. The fourth-order valence-corrected chi connectivity index (χ4v) is 1.39. The number of hydrogen-bond acceptors (Lipinski definition) is 2. The van der Waals surface area contributed by atoms with E-state index in [-0.39, 0.29) is 18.6 Å². The summed E-state index contributed by atoms with van der Waals surface area (Å²) in [6, 6.07) is 4.01. The summed E-state index contributed by atoms with van der Waals surface area (Å²) in [6.45, 7) is 1.44. The molecule has 80 valence electrons. The van der Waals surface area contributed by atoms with Crippen molar-refractivity contribution in [3.63, 3.8) is 0 Å². The maximum Gasteiger partial charge on any atom is 0.221 e. The molecule has 0 fully saturated rings. The first-order valence-corrected chi connectivity index (χ1v) is 4.54. The minimum absolute atomic E-state index is 0.0349. The summed E-state index contributed by atoms with van der Waals surface area (Å²) >= 11 is 0. The molecule has 1 aromatic carbocycles. The van der Waals surface area contributed by atoms with Crippen LogP contribution < -0.4 is 5.73 Å². The Morgan fingerprint density at radius 2 is 1.93 bits per heavy atom. The van der Waals surface area contributed by atoms with Crippen molar-refractivity contribution in [2.75, 3.05) is 0 Å². The van der Waals surface area contributed by atoms with Crippen molar-refractivity contribution >= 4 is 11.7 Å². The van der Waals surface area contributed by atoms with E-state index in [9.17, 15) is 14.0 Å². The third kappa shape index (κ3) is 3.50. The standard InChI is InChI=1S/C11H12FNO2/c1-7(14)4-8-2-3-10(12)5-9(8)6-11(13)15/h2-3,5H,4,6H2,1H3,(H2,13,15). The van der Waals surface area contributed by atoms with E-state index in [0.29, 0.717) is 11.1 Å². The number of rotatable bonds is 4. The van der Waals surface area contributed by atoms with E-state index < -0.39 is 11.7 Å². The number of hydrogen-bond donors (Lipinski definition) is 1. The molecule has 2 N–H and O–H groups in total. The van der Waals surface area contributed by atoms with Crippen LogP contribution in [0.5, 0.6) is 0 Å². The van der Waals surface area contributed by atoms with Crippen molar-refractivity contribution in [3.05, 3.63) is 35.1 Å². The maximum absolute atomic E-state index is 12.9. The van der Waals surface area contributed by atoms with Gasteiger partial charge in [0.15, 0.2) is 0 Å². The van der Waals surface area contributed by atoms with Gasteiger partial charge >= 0.3 is 0 Å². The minimum Gasteiger partial charge on any atom is -0.369 e. The average molecular weight is 209 g/mol. The first-order valence-electron chi connectivity index (χ1n) is 4.54. The fraction of sp³-hybridized carbons (Fsp3) is 0.273. The number of halogens is 1. The number of amides is 1. The van der Waals surface area contributed by atoms with Crippen molar-refractivity contribution in [1.82, 2.24) is 0 Å². The van der Waals surface area contributed by atoms with Gasteiger partial charge < -0.3 is 5.73 Å². The molecule has 0 saturated heterocycles. The molecular weight excluding hydrogens is 197 g/mol. The second-order valence-electron chi connectivity index (χ2n) is 3.43. The molecule has 0 aliphatic heterocycles. The molecule has 1 amide bonds. The monoisotopic (exact) mass is 209 g/mol. The Kier molecular flexibility index (Phi) is 3.55. The van der Waals surface area contributed by atoms with Crippen molar-refractivity contribution < 1.29 is 14.0 Å². The zero-order valence-corrected chi connectivity index (χ0v) is 8.42. The van der Waals surface area contributed by atoms with Crippen molar-refractivity contribution in [1.29, 1.82) is 0 Å². The van der Waals surface area contributed by atoms with Crippen LogP contribution in [-0.2, 0) is 22.4 Å². The summed E-state index contributed by atoms with van der Waals surface area (Å²) < 4.78 is 12.9. The van der Waals surface area contributed by atoms with Crippen LogP contribution in [0.4, 0.5) is 4.39 Å². The van der Waals surface area contributed by atoms with Crippen LogP contribution in [0.1, 0.15) is 18.1 Å². The van der Waals surface area contributed by atoms with Crippen molar-refractivity contribution in [3.8, 4) is 0 Å². The van der Waals surface area contributed by atoms with Crippen LogP contribution in [0.25, 0.3) is 0 Å². The third-order valence-electron chi connectivity index (χ3n) is 1.97. The Bertz CT molecular complexity index is 402. The van der Waals surface area contributed by atoms with Crippen LogP contribution in [0.15, 0.2) is 18.2 Å². The van der Waals surface area contributed by atoms with Crippen LogP contribution in [0, 0.1) is 5.82 Å². The third-order valence-corrected chi connectivity index (χ3v) is 1.97. The van der Waals surface area contributed by atoms with Gasteiger partial charge in [-0.2, -0.15) is 0 Å². The second-order valence-corrected chi connectivity index (χ2v) is 3.43. The molecule has 1 rings (SSSR count). The van der Waals surface area contributed by atoms with E-state index in [1.165, 1.54) is 25.1 Å². The molecule has 4 heteroatoms. The van der Waals surface area contributed by atoms with E-state index in [2.05, 4.69) is 0 Å². The first-order chi connectivity index (χ1) is 6.99. The largest absolute Gasteiger partial charge is 0.369 e. The molecule has 1 aromatic rings. The van der Waals surface area contributed by atoms with Gasteiger partial charge in [0.1, 0.15) is 11.6 Å². The van der Waals surface area contributed by atoms with Gasteiger partial charge in [0, 0.05) is 6.42 Å². The summed E-state index contributed by atoms with van der Waals surface area (Å²) in [7, 11) is 0. The smallest absolute Gasteiger partial charge is 0.221 e. The molecule has 0 unspecified atom stereocenters. The normalized spacial score (nSPS) is 10.0. The van der Waals surface area contributed by atoms with Crippen LogP contribution in [0.2, 0.25) is 0 Å². The van der Waals surface area contributed by atoms with Gasteiger partial charge in [0.2, 0.25) is 5.91 Å².